The first kappa shape index (κ1) is 19.3. The number of furan rings is 1. The molecule has 0 saturated carbocycles. The molecule has 3 heterocycles. The molecule has 0 bridgehead atoms. The third kappa shape index (κ3) is 3.10. The van der Waals surface area contributed by atoms with Gasteiger partial charge in [-0.15, -0.1) is 11.3 Å². The highest BCUT2D eigenvalue weighted by Gasteiger charge is 2.21. The number of rotatable bonds is 1. The predicted octanol–water partition coefficient (Wildman–Crippen LogP) is 7.85. The van der Waals surface area contributed by atoms with E-state index < -0.39 is 0 Å². The summed E-state index contributed by atoms with van der Waals surface area (Å²) in [5.74, 6) is 0. The van der Waals surface area contributed by atoms with Crippen LogP contribution in [0, 0.1) is 0 Å². The van der Waals surface area contributed by atoms with Crippen LogP contribution in [0.3, 0.4) is 0 Å². The average Bonchev–Trinajstić information content (AvgIpc) is 3.26. The smallest absolute Gasteiger partial charge is 0.144 e. The topological polar surface area (TPSA) is 38.9 Å². The molecule has 0 atom stereocenters. The van der Waals surface area contributed by atoms with Crippen molar-refractivity contribution in [2.75, 3.05) is 0 Å². The Bertz CT molecular complexity index is 1410. The molecule has 2 aromatic carbocycles. The van der Waals surface area contributed by atoms with Gasteiger partial charge in [-0.1, -0.05) is 53.7 Å². The maximum atomic E-state index is 6.39. The Balaban J connectivity index is 1.73. The lowest BCUT2D eigenvalue weighted by Crippen LogP contribution is -2.11. The lowest BCUT2D eigenvalue weighted by Gasteiger charge is -2.19. The van der Waals surface area contributed by atoms with Crippen molar-refractivity contribution in [3.8, 4) is 11.3 Å². The van der Waals surface area contributed by atoms with Gasteiger partial charge in [0.15, 0.2) is 0 Å². The van der Waals surface area contributed by atoms with Crippen LogP contribution >= 0.6 is 11.3 Å². The van der Waals surface area contributed by atoms with Crippen LogP contribution in [0.5, 0.6) is 0 Å². The minimum Gasteiger partial charge on any atom is -0.455 e. The van der Waals surface area contributed by atoms with Crippen molar-refractivity contribution >= 4 is 43.5 Å². The quantitative estimate of drug-likeness (QED) is 0.280. The maximum absolute atomic E-state index is 6.39. The highest BCUT2D eigenvalue weighted by molar-refractivity contribution is 7.18. The van der Waals surface area contributed by atoms with E-state index in [4.69, 9.17) is 9.40 Å². The summed E-state index contributed by atoms with van der Waals surface area (Å²) in [5.41, 5.74) is 6.13. The number of pyridine rings is 1. The van der Waals surface area contributed by atoms with Crippen molar-refractivity contribution in [2.24, 2.45) is 0 Å². The maximum Gasteiger partial charge on any atom is 0.144 e. The molecule has 3 aromatic heterocycles. The van der Waals surface area contributed by atoms with Gasteiger partial charge in [0.25, 0.3) is 0 Å². The van der Waals surface area contributed by atoms with Gasteiger partial charge in [-0.3, -0.25) is 4.98 Å². The largest absolute Gasteiger partial charge is 0.455 e. The number of para-hydroxylation sites is 1. The lowest BCUT2D eigenvalue weighted by atomic mass is 9.87. The number of hydrogen-bond acceptors (Lipinski definition) is 4. The van der Waals surface area contributed by atoms with E-state index in [1.807, 2.05) is 6.20 Å². The second-order valence-electron chi connectivity index (χ2n) is 10.0. The summed E-state index contributed by atoms with van der Waals surface area (Å²) in [6.07, 6.45) is 1.89. The Hall–Kier alpha value is -2.72. The van der Waals surface area contributed by atoms with Crippen LogP contribution in [0.2, 0.25) is 0 Å². The zero-order valence-corrected chi connectivity index (χ0v) is 19.1. The van der Waals surface area contributed by atoms with Gasteiger partial charge in [-0.2, -0.15) is 0 Å². The second-order valence-corrected chi connectivity index (χ2v) is 11.1. The molecule has 0 N–H and O–H groups in total. The van der Waals surface area contributed by atoms with E-state index >= 15 is 0 Å². The van der Waals surface area contributed by atoms with Crippen molar-refractivity contribution in [1.82, 2.24) is 9.97 Å². The first-order valence-corrected chi connectivity index (χ1v) is 11.2. The van der Waals surface area contributed by atoms with Gasteiger partial charge in [0.2, 0.25) is 0 Å². The van der Waals surface area contributed by atoms with Crippen molar-refractivity contribution in [1.29, 1.82) is 0 Å². The van der Waals surface area contributed by atoms with Crippen molar-refractivity contribution < 1.29 is 4.42 Å². The highest BCUT2D eigenvalue weighted by atomic mass is 32.1. The third-order valence-corrected chi connectivity index (χ3v) is 6.99. The summed E-state index contributed by atoms with van der Waals surface area (Å²) < 4.78 is 7.59. The minimum absolute atomic E-state index is 0.0454. The number of fused-ring (bicyclic) bond motifs is 4. The van der Waals surface area contributed by atoms with E-state index in [1.54, 1.807) is 11.3 Å². The molecule has 5 rings (SSSR count). The molecule has 0 spiro atoms. The average molecular weight is 415 g/mol. The molecule has 0 amide bonds. The van der Waals surface area contributed by atoms with Gasteiger partial charge < -0.3 is 4.42 Å². The Morgan fingerprint density at radius 1 is 0.867 bits per heavy atom. The van der Waals surface area contributed by atoms with E-state index in [0.29, 0.717) is 0 Å². The number of aromatic nitrogens is 2. The van der Waals surface area contributed by atoms with Gasteiger partial charge in [0, 0.05) is 34.0 Å². The fourth-order valence-corrected chi connectivity index (χ4v) is 4.83. The Morgan fingerprint density at radius 3 is 2.40 bits per heavy atom. The first-order chi connectivity index (χ1) is 14.1. The van der Waals surface area contributed by atoms with Gasteiger partial charge in [0.05, 0.1) is 20.9 Å². The molecule has 0 unspecified atom stereocenters. The molecule has 0 fully saturated rings. The zero-order valence-electron chi connectivity index (χ0n) is 18.3. The number of hydrogen-bond donors (Lipinski definition) is 0. The Morgan fingerprint density at radius 2 is 1.67 bits per heavy atom. The van der Waals surface area contributed by atoms with Crippen molar-refractivity contribution in [3.05, 3.63) is 59.2 Å². The Kier molecular flexibility index (Phi) is 4.10. The minimum atomic E-state index is 0.0454. The molecule has 30 heavy (non-hydrogen) atoms. The van der Waals surface area contributed by atoms with E-state index in [2.05, 4.69) is 89.0 Å². The molecule has 0 radical (unpaired) electrons. The SMILES string of the molecule is CC(C)(C)c1ccnc(-c2cccc3c2oc2cc4nc(C(C)(C)C)sc4cc23)c1. The van der Waals surface area contributed by atoms with Crippen LogP contribution in [0.25, 0.3) is 43.4 Å². The molecule has 0 aliphatic heterocycles. The number of benzene rings is 2. The zero-order chi connectivity index (χ0) is 21.3. The summed E-state index contributed by atoms with van der Waals surface area (Å²) in [4.78, 5) is 9.53. The van der Waals surface area contributed by atoms with Crippen LogP contribution < -0.4 is 0 Å². The Labute approximate surface area is 180 Å². The summed E-state index contributed by atoms with van der Waals surface area (Å²) >= 11 is 1.77. The van der Waals surface area contributed by atoms with E-state index in [-0.39, 0.29) is 10.8 Å². The van der Waals surface area contributed by atoms with Gasteiger partial charge in [-0.25, -0.2) is 4.98 Å². The number of nitrogens with zero attached hydrogens (tertiary/aromatic N) is 2. The normalized spacial score (nSPS) is 13.0. The monoisotopic (exact) mass is 414 g/mol. The standard InChI is InChI=1S/C26H26N2OS/c1-25(2,3)15-10-11-27-19(12-15)17-9-7-8-16-18-13-22-20(14-21(18)29-23(16)17)28-24(30-22)26(4,5)6/h7-14H,1-6H3. The molecule has 152 valence electrons. The van der Waals surface area contributed by atoms with E-state index in [1.165, 1.54) is 10.3 Å². The highest BCUT2D eigenvalue weighted by Crippen LogP contribution is 2.40. The van der Waals surface area contributed by atoms with Crippen molar-refractivity contribution in [3.63, 3.8) is 0 Å². The van der Waals surface area contributed by atoms with E-state index in [0.717, 1.165) is 43.7 Å². The summed E-state index contributed by atoms with van der Waals surface area (Å²) in [6, 6.07) is 14.9. The summed E-state index contributed by atoms with van der Waals surface area (Å²) in [7, 11) is 0. The molecule has 0 saturated heterocycles. The van der Waals surface area contributed by atoms with Crippen molar-refractivity contribution in [2.45, 2.75) is 52.4 Å². The van der Waals surface area contributed by atoms with E-state index in [9.17, 15) is 0 Å². The van der Waals surface area contributed by atoms with Gasteiger partial charge in [-0.05, 0) is 35.2 Å². The molecular weight excluding hydrogens is 388 g/mol. The van der Waals surface area contributed by atoms with Gasteiger partial charge in [0.1, 0.15) is 11.2 Å². The molecule has 0 aliphatic carbocycles. The lowest BCUT2D eigenvalue weighted by molar-refractivity contribution is 0.587. The van der Waals surface area contributed by atoms with Crippen LogP contribution in [0.4, 0.5) is 0 Å². The summed E-state index contributed by atoms with van der Waals surface area (Å²) in [5, 5.41) is 3.41. The molecule has 4 heteroatoms. The molecular formula is C26H26N2OS. The van der Waals surface area contributed by atoms with Crippen LogP contribution in [-0.4, -0.2) is 9.97 Å². The molecule has 5 aromatic rings. The first-order valence-electron chi connectivity index (χ1n) is 10.3. The fraction of sp³-hybridized carbons (Fsp3) is 0.308. The predicted molar refractivity (Wildman–Crippen MR) is 128 cm³/mol. The third-order valence-electron chi connectivity index (χ3n) is 5.55. The molecule has 3 nitrogen and oxygen atoms in total. The van der Waals surface area contributed by atoms with Gasteiger partial charge >= 0.3 is 0 Å². The molecule has 0 aliphatic rings. The number of thiazole rings is 1. The second kappa shape index (κ2) is 6.39. The van der Waals surface area contributed by atoms with Crippen LogP contribution in [0.15, 0.2) is 53.1 Å². The fourth-order valence-electron chi connectivity index (χ4n) is 3.79. The van der Waals surface area contributed by atoms with Crippen LogP contribution in [-0.2, 0) is 10.8 Å². The summed E-state index contributed by atoms with van der Waals surface area (Å²) in [6.45, 7) is 13.3. The van der Waals surface area contributed by atoms with Crippen LogP contribution in [0.1, 0.15) is 52.1 Å².